The SMILES string of the molecule is CPC(C(C)C)[S-](=P)=Pc1ccccc1. The first-order valence-corrected chi connectivity index (χ1v) is 10.6. The third kappa shape index (κ3) is 4.54. The van der Waals surface area contributed by atoms with Crippen LogP contribution in [-0.4, -0.2) is 11.7 Å². The van der Waals surface area contributed by atoms with Gasteiger partial charge in [0, 0.05) is 0 Å². The molecule has 0 aliphatic carbocycles. The normalized spacial score (nSPS) is 16.3. The van der Waals surface area contributed by atoms with Crippen LogP contribution < -0.4 is 5.30 Å². The lowest BCUT2D eigenvalue weighted by Gasteiger charge is -2.27. The minimum atomic E-state index is 0.301. The highest BCUT2D eigenvalue weighted by molar-refractivity contribution is 8.35. The van der Waals surface area contributed by atoms with Crippen LogP contribution in [0.15, 0.2) is 30.3 Å². The van der Waals surface area contributed by atoms with Crippen LogP contribution >= 0.6 is 24.0 Å². The van der Waals surface area contributed by atoms with Gasteiger partial charge < -0.3 is 9.25 Å². The van der Waals surface area contributed by atoms with Gasteiger partial charge in [0.1, 0.15) is 0 Å². The molecule has 0 aromatic heterocycles. The van der Waals surface area contributed by atoms with Crippen molar-refractivity contribution < 1.29 is 0 Å². The molecule has 0 saturated heterocycles. The maximum atomic E-state index is 3.92. The average Bonchev–Trinajstić information content (AvgIpc) is 2.19. The predicted molar refractivity (Wildman–Crippen MR) is 81.5 cm³/mol. The van der Waals surface area contributed by atoms with E-state index in [1.165, 1.54) is 12.7 Å². The first kappa shape index (κ1) is 13.7. The molecule has 0 fully saturated rings. The highest BCUT2D eigenvalue weighted by Crippen LogP contribution is 2.28. The highest BCUT2D eigenvalue weighted by Gasteiger charge is 2.00. The Labute approximate surface area is 100 Å². The zero-order valence-electron chi connectivity index (χ0n) is 9.40. The fourth-order valence-corrected chi connectivity index (χ4v) is 10.4. The molecule has 1 aromatic carbocycles. The van der Waals surface area contributed by atoms with E-state index in [-0.39, 0.29) is 0 Å². The van der Waals surface area contributed by atoms with Gasteiger partial charge in [-0.25, -0.2) is 7.36 Å². The van der Waals surface area contributed by atoms with Gasteiger partial charge in [-0.1, -0.05) is 55.1 Å². The topological polar surface area (TPSA) is 0 Å². The summed E-state index contributed by atoms with van der Waals surface area (Å²) in [5, 5.41) is 1.42. The van der Waals surface area contributed by atoms with Crippen molar-refractivity contribution in [3.05, 3.63) is 30.3 Å². The second-order valence-electron chi connectivity index (χ2n) is 3.69. The van der Waals surface area contributed by atoms with Crippen molar-refractivity contribution in [2.75, 3.05) is 6.66 Å². The average molecular weight is 275 g/mol. The van der Waals surface area contributed by atoms with Crippen molar-refractivity contribution in [2.45, 2.75) is 18.8 Å². The maximum absolute atomic E-state index is 3.92. The summed E-state index contributed by atoms with van der Waals surface area (Å²) in [6.07, 6.45) is 0. The molecule has 1 rings (SSSR count). The maximum Gasteiger partial charge on any atom is -0.0247 e. The lowest BCUT2D eigenvalue weighted by Crippen LogP contribution is -2.08. The molecular weight excluding hydrogens is 257 g/mol. The zero-order chi connectivity index (χ0) is 11.3. The number of hydrogen-bond acceptors (Lipinski definition) is 1. The Hall–Kier alpha value is 0.600. The number of hydrogen-bond donors (Lipinski definition) is 0. The molecule has 0 N–H and O–H groups in total. The molecule has 0 amide bonds. The van der Waals surface area contributed by atoms with E-state index in [4.69, 9.17) is 0 Å². The van der Waals surface area contributed by atoms with Gasteiger partial charge in [-0.05, 0) is 12.0 Å². The Balaban J connectivity index is 2.88. The van der Waals surface area contributed by atoms with E-state index >= 15 is 0 Å². The molecule has 0 spiro atoms. The number of benzene rings is 1. The summed E-state index contributed by atoms with van der Waals surface area (Å²) in [5.74, 6) is 0.769. The van der Waals surface area contributed by atoms with Gasteiger partial charge in [0.05, 0.1) is 0 Å². The largest absolute Gasteiger partial charge is 0.413 e. The molecular formula is C11H18P3S-. The van der Waals surface area contributed by atoms with Crippen LogP contribution in [0.25, 0.3) is 0 Å². The van der Waals surface area contributed by atoms with Crippen LogP contribution in [0.1, 0.15) is 13.8 Å². The van der Waals surface area contributed by atoms with Gasteiger partial charge >= 0.3 is 0 Å². The fraction of sp³-hybridized carbons (Fsp3) is 0.455. The second kappa shape index (κ2) is 7.03. The van der Waals surface area contributed by atoms with E-state index < -0.39 is 0 Å². The van der Waals surface area contributed by atoms with Gasteiger partial charge in [0.15, 0.2) is 0 Å². The van der Waals surface area contributed by atoms with Crippen molar-refractivity contribution in [3.63, 3.8) is 0 Å². The Bertz CT molecular complexity index is 367. The molecule has 15 heavy (non-hydrogen) atoms. The van der Waals surface area contributed by atoms with Gasteiger partial charge in [-0.2, -0.15) is 0 Å². The molecule has 0 radical (unpaired) electrons. The van der Waals surface area contributed by atoms with Crippen molar-refractivity contribution >= 4 is 38.5 Å². The lowest BCUT2D eigenvalue weighted by atomic mass is 10.3. The van der Waals surface area contributed by atoms with Gasteiger partial charge in [-0.3, -0.25) is 8.02 Å². The van der Waals surface area contributed by atoms with Crippen LogP contribution in [0, 0.1) is 5.92 Å². The molecule has 0 saturated carbocycles. The first-order valence-electron chi connectivity index (χ1n) is 5.03. The van der Waals surface area contributed by atoms with Crippen LogP contribution in [-0.2, 0) is 9.25 Å². The third-order valence-electron chi connectivity index (χ3n) is 2.09. The molecule has 2 atom stereocenters. The van der Waals surface area contributed by atoms with E-state index in [0.717, 1.165) is 19.5 Å². The molecule has 0 nitrogen and oxygen atoms in total. The van der Waals surface area contributed by atoms with Crippen molar-refractivity contribution in [1.29, 1.82) is 0 Å². The molecule has 4 heteroatoms. The Morgan fingerprint density at radius 3 is 2.33 bits per heavy atom. The first-order chi connectivity index (χ1) is 7.15. The lowest BCUT2D eigenvalue weighted by molar-refractivity contribution is 0.719. The van der Waals surface area contributed by atoms with E-state index in [1.807, 2.05) is 0 Å². The molecule has 0 aliphatic heterocycles. The van der Waals surface area contributed by atoms with E-state index in [1.54, 1.807) is 0 Å². The molecule has 1 aromatic rings. The molecule has 0 bridgehead atoms. The van der Waals surface area contributed by atoms with Crippen LogP contribution in [0.3, 0.4) is 0 Å². The Kier molecular flexibility index (Phi) is 6.40. The zero-order valence-corrected chi connectivity index (χ0v) is 13.1. The third-order valence-corrected chi connectivity index (χ3v) is 11.3. The standard InChI is InChI=1S/C11H18P3S/c1-9(2)11(13-3)15(12)14-10-7-5-4-6-8-10/h4-9,11-13H,1-3H3/q-1. The van der Waals surface area contributed by atoms with E-state index in [0.29, 0.717) is 9.25 Å². The summed E-state index contributed by atoms with van der Waals surface area (Å²) < 4.78 is 0. The minimum Gasteiger partial charge on any atom is -0.413 e. The summed E-state index contributed by atoms with van der Waals surface area (Å²) in [4.78, 5) is 0.809. The molecule has 84 valence electrons. The molecule has 2 unspecified atom stereocenters. The monoisotopic (exact) mass is 275 g/mol. The van der Waals surface area contributed by atoms with Crippen molar-refractivity contribution in [3.8, 4) is 0 Å². The molecule has 0 aliphatic rings. The van der Waals surface area contributed by atoms with Gasteiger partial charge in [0.2, 0.25) is 0 Å². The van der Waals surface area contributed by atoms with Crippen molar-refractivity contribution in [1.82, 2.24) is 0 Å². The van der Waals surface area contributed by atoms with E-state index in [2.05, 4.69) is 58.9 Å². The van der Waals surface area contributed by atoms with Gasteiger partial charge in [0.25, 0.3) is 0 Å². The van der Waals surface area contributed by atoms with Crippen LogP contribution in [0.4, 0.5) is 0 Å². The predicted octanol–water partition coefficient (Wildman–Crippen LogP) is 4.14. The quantitative estimate of drug-likeness (QED) is 0.572. The summed E-state index contributed by atoms with van der Waals surface area (Å²) in [6, 6.07) is 10.7. The second-order valence-corrected chi connectivity index (χ2v) is 11.2. The summed E-state index contributed by atoms with van der Waals surface area (Å²) >= 11 is 0. The van der Waals surface area contributed by atoms with E-state index in [9.17, 15) is 0 Å². The number of rotatable bonds is 4. The van der Waals surface area contributed by atoms with Crippen LogP contribution in [0.5, 0.6) is 0 Å². The Morgan fingerprint density at radius 1 is 1.27 bits per heavy atom. The Morgan fingerprint density at radius 2 is 1.87 bits per heavy atom. The molecule has 0 heterocycles. The summed E-state index contributed by atoms with van der Waals surface area (Å²) in [6.45, 7) is 6.95. The smallest absolute Gasteiger partial charge is 0.0247 e. The van der Waals surface area contributed by atoms with Crippen molar-refractivity contribution in [2.24, 2.45) is 5.92 Å². The fourth-order valence-electron chi connectivity index (χ4n) is 1.36. The highest BCUT2D eigenvalue weighted by atomic mass is 32.7. The minimum absolute atomic E-state index is 0.301. The van der Waals surface area contributed by atoms with Gasteiger partial charge in [-0.15, -0.1) is 8.58 Å². The van der Waals surface area contributed by atoms with Crippen LogP contribution in [0.2, 0.25) is 0 Å². The summed E-state index contributed by atoms with van der Waals surface area (Å²) in [7, 11) is 6.67. The summed E-state index contributed by atoms with van der Waals surface area (Å²) in [5.41, 5.74) is 0.